The average molecular weight is 265 g/mol. The third-order valence-corrected chi connectivity index (χ3v) is 3.96. The molecule has 0 atom stereocenters. The lowest BCUT2D eigenvalue weighted by Gasteiger charge is -2.44. The highest BCUT2D eigenvalue weighted by molar-refractivity contribution is 5.63. The minimum absolute atomic E-state index is 0.191. The van der Waals surface area contributed by atoms with Gasteiger partial charge in [0.25, 0.3) is 0 Å². The third-order valence-electron chi connectivity index (χ3n) is 3.96. The molecule has 1 aliphatic rings. The molecule has 2 N–H and O–H groups in total. The number of anilines is 1. The molecule has 1 aliphatic heterocycles. The second-order valence-electron chi connectivity index (χ2n) is 5.14. The smallest absolute Gasteiger partial charge is 0.147 e. The van der Waals surface area contributed by atoms with Crippen LogP contribution in [0.2, 0.25) is 0 Å². The van der Waals surface area contributed by atoms with Gasteiger partial charge in [-0.2, -0.15) is 0 Å². The number of phenols is 1. The van der Waals surface area contributed by atoms with E-state index in [0.717, 1.165) is 43.8 Å². The Morgan fingerprint density at radius 3 is 2.68 bits per heavy atom. The largest absolute Gasteiger partial charge is 0.508 e. The Kier molecular flexibility index (Phi) is 4.20. The van der Waals surface area contributed by atoms with E-state index in [0.29, 0.717) is 0 Å². The highest BCUT2D eigenvalue weighted by Crippen LogP contribution is 2.41. The fourth-order valence-electron chi connectivity index (χ4n) is 2.62. The molecule has 106 valence electrons. The van der Waals surface area contributed by atoms with Crippen molar-refractivity contribution >= 4 is 5.69 Å². The summed E-state index contributed by atoms with van der Waals surface area (Å²) >= 11 is 0. The highest BCUT2D eigenvalue weighted by atomic mass is 16.5. The molecule has 2 rings (SSSR count). The van der Waals surface area contributed by atoms with Gasteiger partial charge in [-0.05, 0) is 31.4 Å². The zero-order valence-corrected chi connectivity index (χ0v) is 11.7. The Morgan fingerprint density at radius 2 is 2.05 bits per heavy atom. The van der Waals surface area contributed by atoms with Crippen LogP contribution in [-0.2, 0) is 0 Å². The molecule has 1 heterocycles. The van der Waals surface area contributed by atoms with E-state index in [1.165, 1.54) is 0 Å². The predicted molar refractivity (Wildman–Crippen MR) is 76.0 cm³/mol. The summed E-state index contributed by atoms with van der Waals surface area (Å²) in [4.78, 5) is 2.25. The number of ether oxygens (including phenoxy) is 1. The van der Waals surface area contributed by atoms with E-state index >= 15 is 0 Å². The lowest BCUT2D eigenvalue weighted by molar-refractivity contribution is 0.0568. The van der Waals surface area contributed by atoms with Crippen LogP contribution < -0.4 is 9.64 Å². The van der Waals surface area contributed by atoms with Gasteiger partial charge in [0, 0.05) is 19.2 Å². The van der Waals surface area contributed by atoms with Gasteiger partial charge in [-0.1, -0.05) is 13.8 Å². The van der Waals surface area contributed by atoms with E-state index in [-0.39, 0.29) is 18.0 Å². The van der Waals surface area contributed by atoms with Gasteiger partial charge in [0.2, 0.25) is 0 Å². The molecule has 1 aromatic carbocycles. The monoisotopic (exact) mass is 265 g/mol. The van der Waals surface area contributed by atoms with Crippen LogP contribution in [0, 0.1) is 0 Å². The first-order valence-electron chi connectivity index (χ1n) is 7.02. The number of aliphatic hydroxyl groups excluding tert-OH is 1. The summed E-state index contributed by atoms with van der Waals surface area (Å²) in [5.41, 5.74) is 0.805. The molecule has 0 saturated heterocycles. The molecule has 0 unspecified atom stereocenters. The minimum atomic E-state index is -0.198. The van der Waals surface area contributed by atoms with E-state index in [1.54, 1.807) is 12.1 Å². The molecule has 0 saturated carbocycles. The normalized spacial score (nSPS) is 16.9. The Hall–Kier alpha value is -1.42. The van der Waals surface area contributed by atoms with Crippen LogP contribution in [-0.4, -0.2) is 35.5 Å². The molecule has 0 spiro atoms. The maximum absolute atomic E-state index is 9.63. The molecule has 0 amide bonds. The van der Waals surface area contributed by atoms with Crippen LogP contribution in [0.5, 0.6) is 11.5 Å². The van der Waals surface area contributed by atoms with Crippen LogP contribution >= 0.6 is 0 Å². The van der Waals surface area contributed by atoms with Crippen molar-refractivity contribution in [1.82, 2.24) is 0 Å². The second-order valence-corrected chi connectivity index (χ2v) is 5.14. The number of aliphatic hydroxyl groups is 1. The molecular formula is C15H23NO3. The molecule has 19 heavy (non-hydrogen) atoms. The lowest BCUT2D eigenvalue weighted by atomic mass is 9.93. The van der Waals surface area contributed by atoms with Crippen molar-refractivity contribution in [2.75, 3.05) is 24.6 Å². The third kappa shape index (κ3) is 2.78. The van der Waals surface area contributed by atoms with Gasteiger partial charge in [-0.25, -0.2) is 0 Å². The highest BCUT2D eigenvalue weighted by Gasteiger charge is 2.36. The standard InChI is InChI=1S/C15H23NO3/c1-3-15(4-2)11-16(8-5-9-17)13-7-6-12(18)10-14(13)19-15/h6-7,10,17-18H,3-5,8-9,11H2,1-2H3. The fraction of sp³-hybridized carbons (Fsp3) is 0.600. The zero-order valence-electron chi connectivity index (χ0n) is 11.7. The SMILES string of the molecule is CCC1(CC)CN(CCCO)c2ccc(O)cc2O1. The van der Waals surface area contributed by atoms with Gasteiger partial charge in [0.05, 0.1) is 12.2 Å². The first-order chi connectivity index (χ1) is 9.14. The van der Waals surface area contributed by atoms with E-state index in [1.807, 2.05) is 6.07 Å². The van der Waals surface area contributed by atoms with Crippen LogP contribution in [0.3, 0.4) is 0 Å². The summed E-state index contributed by atoms with van der Waals surface area (Å²) < 4.78 is 6.14. The van der Waals surface area contributed by atoms with Gasteiger partial charge in [0.15, 0.2) is 0 Å². The predicted octanol–water partition coefficient (Wildman–Crippen LogP) is 2.53. The van der Waals surface area contributed by atoms with E-state index < -0.39 is 0 Å². The van der Waals surface area contributed by atoms with E-state index in [2.05, 4.69) is 18.7 Å². The van der Waals surface area contributed by atoms with Crippen molar-refractivity contribution in [2.24, 2.45) is 0 Å². The maximum Gasteiger partial charge on any atom is 0.147 e. The van der Waals surface area contributed by atoms with Crippen LogP contribution in [0.4, 0.5) is 5.69 Å². The Balaban J connectivity index is 2.34. The van der Waals surface area contributed by atoms with Crippen molar-refractivity contribution in [2.45, 2.75) is 38.7 Å². The number of rotatable bonds is 5. The van der Waals surface area contributed by atoms with Crippen molar-refractivity contribution in [3.05, 3.63) is 18.2 Å². The van der Waals surface area contributed by atoms with Crippen LogP contribution in [0.15, 0.2) is 18.2 Å². The van der Waals surface area contributed by atoms with Gasteiger partial charge in [-0.15, -0.1) is 0 Å². The lowest BCUT2D eigenvalue weighted by Crippen LogP contribution is -2.50. The number of nitrogens with zero attached hydrogens (tertiary/aromatic N) is 1. The molecule has 4 nitrogen and oxygen atoms in total. The number of fused-ring (bicyclic) bond motifs is 1. The first kappa shape index (κ1) is 14.0. The molecule has 0 bridgehead atoms. The quantitative estimate of drug-likeness (QED) is 0.859. The number of aromatic hydroxyl groups is 1. The maximum atomic E-state index is 9.63. The Bertz CT molecular complexity index is 429. The van der Waals surface area contributed by atoms with E-state index in [4.69, 9.17) is 9.84 Å². The number of benzene rings is 1. The topological polar surface area (TPSA) is 52.9 Å². The molecule has 0 aliphatic carbocycles. The first-order valence-corrected chi connectivity index (χ1v) is 7.02. The molecule has 0 aromatic heterocycles. The Morgan fingerprint density at radius 1 is 1.32 bits per heavy atom. The van der Waals surface area contributed by atoms with Gasteiger partial charge >= 0.3 is 0 Å². The molecular weight excluding hydrogens is 242 g/mol. The number of phenolic OH excluding ortho intramolecular Hbond substituents is 1. The van der Waals surface area contributed by atoms with Crippen molar-refractivity contribution in [1.29, 1.82) is 0 Å². The zero-order chi connectivity index (χ0) is 13.9. The summed E-state index contributed by atoms with van der Waals surface area (Å²) in [6, 6.07) is 5.25. The summed E-state index contributed by atoms with van der Waals surface area (Å²) in [5.74, 6) is 0.969. The van der Waals surface area contributed by atoms with Gasteiger partial charge in [-0.3, -0.25) is 0 Å². The Labute approximate surface area is 114 Å². The molecule has 4 heteroatoms. The fourth-order valence-corrected chi connectivity index (χ4v) is 2.62. The van der Waals surface area contributed by atoms with Crippen molar-refractivity contribution in [3.8, 4) is 11.5 Å². The summed E-state index contributed by atoms with van der Waals surface area (Å²) in [6.45, 7) is 6.08. The van der Waals surface area contributed by atoms with Crippen LogP contribution in [0.25, 0.3) is 0 Å². The average Bonchev–Trinajstić information content (AvgIpc) is 2.43. The van der Waals surface area contributed by atoms with Crippen molar-refractivity contribution in [3.63, 3.8) is 0 Å². The number of hydrogen-bond donors (Lipinski definition) is 2. The molecule has 1 aromatic rings. The summed E-state index contributed by atoms with van der Waals surface area (Å²) in [7, 11) is 0. The minimum Gasteiger partial charge on any atom is -0.508 e. The number of hydrogen-bond acceptors (Lipinski definition) is 4. The van der Waals surface area contributed by atoms with Gasteiger partial charge in [0.1, 0.15) is 17.1 Å². The summed E-state index contributed by atoms with van der Waals surface area (Å²) in [6.07, 6.45) is 2.59. The van der Waals surface area contributed by atoms with Gasteiger partial charge < -0.3 is 19.8 Å². The van der Waals surface area contributed by atoms with Crippen molar-refractivity contribution < 1.29 is 14.9 Å². The molecule has 0 radical (unpaired) electrons. The van der Waals surface area contributed by atoms with Crippen LogP contribution in [0.1, 0.15) is 33.1 Å². The van der Waals surface area contributed by atoms with E-state index in [9.17, 15) is 5.11 Å². The second kappa shape index (κ2) is 5.70. The summed E-state index contributed by atoms with van der Waals surface area (Å²) in [5, 5.41) is 18.7. The molecule has 0 fully saturated rings.